The first-order valence-electron chi connectivity index (χ1n) is 5.24. The molecule has 0 radical (unpaired) electrons. The van der Waals surface area contributed by atoms with Gasteiger partial charge in [-0.25, -0.2) is 9.37 Å². The van der Waals surface area contributed by atoms with E-state index in [1.165, 1.54) is 0 Å². The second-order valence-electron chi connectivity index (χ2n) is 4.24. The molecule has 1 aliphatic carbocycles. The van der Waals surface area contributed by atoms with E-state index in [0.29, 0.717) is 5.82 Å². The maximum Gasteiger partial charge on any atom is 0.130 e. The average molecular weight is 209 g/mol. The fraction of sp³-hybridized carbons (Fsp3) is 0.545. The van der Waals surface area contributed by atoms with Gasteiger partial charge in [0.1, 0.15) is 11.5 Å². The average Bonchev–Trinajstić information content (AvgIpc) is 3.05. The van der Waals surface area contributed by atoms with Gasteiger partial charge < -0.3 is 11.5 Å². The van der Waals surface area contributed by atoms with Gasteiger partial charge in [0.2, 0.25) is 0 Å². The Bertz CT molecular complexity index is 351. The third-order valence-electron chi connectivity index (χ3n) is 3.06. The Hall–Kier alpha value is -1.16. The molecule has 0 bridgehead atoms. The molecule has 0 amide bonds. The number of nitrogens with two attached hydrogens (primary N) is 2. The van der Waals surface area contributed by atoms with Crippen molar-refractivity contribution in [3.63, 3.8) is 0 Å². The van der Waals surface area contributed by atoms with Crippen LogP contribution in [0.5, 0.6) is 0 Å². The molecular formula is C11H16FN3. The molecule has 1 fully saturated rings. The Morgan fingerprint density at radius 2 is 2.27 bits per heavy atom. The number of hydrogen-bond acceptors (Lipinski definition) is 3. The van der Waals surface area contributed by atoms with Crippen LogP contribution in [0, 0.1) is 5.92 Å². The van der Waals surface area contributed by atoms with Crippen LogP contribution in [0.4, 0.5) is 10.2 Å². The summed E-state index contributed by atoms with van der Waals surface area (Å²) in [6, 6.07) is 3.59. The zero-order valence-electron chi connectivity index (χ0n) is 8.62. The van der Waals surface area contributed by atoms with Gasteiger partial charge in [-0.3, -0.25) is 0 Å². The quantitative estimate of drug-likeness (QED) is 0.785. The lowest BCUT2D eigenvalue weighted by atomic mass is 9.92. The summed E-state index contributed by atoms with van der Waals surface area (Å²) in [7, 11) is 0. The van der Waals surface area contributed by atoms with Crippen LogP contribution in [0.3, 0.4) is 0 Å². The molecule has 1 unspecified atom stereocenters. The van der Waals surface area contributed by atoms with Gasteiger partial charge in [-0.1, -0.05) is 6.07 Å². The molecule has 4 N–H and O–H groups in total. The van der Waals surface area contributed by atoms with E-state index in [2.05, 4.69) is 4.98 Å². The standard InChI is InChI=1S/C11H16FN3/c12-11(7-13,9-3-4-9)6-8-2-1-5-15-10(8)14/h1-2,5,9H,3-4,6-7,13H2,(H2,14,15). The van der Waals surface area contributed by atoms with Gasteiger partial charge in [-0.15, -0.1) is 0 Å². The van der Waals surface area contributed by atoms with Crippen LogP contribution < -0.4 is 11.5 Å². The van der Waals surface area contributed by atoms with E-state index in [1.807, 2.05) is 6.07 Å². The van der Waals surface area contributed by atoms with E-state index in [4.69, 9.17) is 11.5 Å². The topological polar surface area (TPSA) is 64.9 Å². The first kappa shape index (κ1) is 10.4. The maximum atomic E-state index is 14.4. The number of anilines is 1. The fourth-order valence-corrected chi connectivity index (χ4v) is 1.90. The van der Waals surface area contributed by atoms with E-state index in [0.717, 1.165) is 18.4 Å². The zero-order chi connectivity index (χ0) is 10.9. The van der Waals surface area contributed by atoms with Gasteiger partial charge in [0.25, 0.3) is 0 Å². The summed E-state index contributed by atoms with van der Waals surface area (Å²) in [6.07, 6.45) is 3.77. The van der Waals surface area contributed by atoms with E-state index >= 15 is 0 Å². The van der Waals surface area contributed by atoms with Crippen LogP contribution in [0.25, 0.3) is 0 Å². The van der Waals surface area contributed by atoms with E-state index in [9.17, 15) is 4.39 Å². The smallest absolute Gasteiger partial charge is 0.130 e. The lowest BCUT2D eigenvalue weighted by Gasteiger charge is -2.23. The predicted octanol–water partition coefficient (Wildman–Crippen LogP) is 1.28. The van der Waals surface area contributed by atoms with Gasteiger partial charge in [-0.2, -0.15) is 0 Å². The molecule has 1 aromatic rings. The normalized spacial score (nSPS) is 19.9. The SMILES string of the molecule is NCC(F)(Cc1cccnc1N)C1CC1. The highest BCUT2D eigenvalue weighted by molar-refractivity contribution is 5.39. The van der Waals surface area contributed by atoms with Crippen molar-refractivity contribution in [1.29, 1.82) is 0 Å². The van der Waals surface area contributed by atoms with Crippen LogP contribution in [0.2, 0.25) is 0 Å². The predicted molar refractivity (Wildman–Crippen MR) is 58.0 cm³/mol. The molecule has 4 heteroatoms. The van der Waals surface area contributed by atoms with Crippen LogP contribution >= 0.6 is 0 Å². The molecule has 0 aliphatic heterocycles. The lowest BCUT2D eigenvalue weighted by molar-refractivity contribution is 0.143. The van der Waals surface area contributed by atoms with Crippen LogP contribution in [0.15, 0.2) is 18.3 Å². The molecule has 82 valence electrons. The van der Waals surface area contributed by atoms with Crippen molar-refractivity contribution in [2.45, 2.75) is 24.9 Å². The van der Waals surface area contributed by atoms with Gasteiger partial charge in [0.05, 0.1) is 0 Å². The summed E-state index contributed by atoms with van der Waals surface area (Å²) in [5, 5.41) is 0. The number of rotatable bonds is 4. The summed E-state index contributed by atoms with van der Waals surface area (Å²) in [6.45, 7) is 0.0615. The van der Waals surface area contributed by atoms with Crippen molar-refractivity contribution in [3.05, 3.63) is 23.9 Å². The number of halogens is 1. The van der Waals surface area contributed by atoms with Crippen LogP contribution in [-0.2, 0) is 6.42 Å². The highest BCUT2D eigenvalue weighted by Gasteiger charge is 2.45. The highest BCUT2D eigenvalue weighted by Crippen LogP contribution is 2.43. The fourth-order valence-electron chi connectivity index (χ4n) is 1.90. The van der Waals surface area contributed by atoms with Crippen LogP contribution in [0.1, 0.15) is 18.4 Å². The van der Waals surface area contributed by atoms with Gasteiger partial charge in [0, 0.05) is 19.2 Å². The van der Waals surface area contributed by atoms with Crippen molar-refractivity contribution in [1.82, 2.24) is 4.98 Å². The number of nitrogens with zero attached hydrogens (tertiary/aromatic N) is 1. The molecule has 1 aromatic heterocycles. The summed E-state index contributed by atoms with van der Waals surface area (Å²) in [4.78, 5) is 3.95. The minimum absolute atomic E-state index is 0.0615. The van der Waals surface area contributed by atoms with Gasteiger partial charge >= 0.3 is 0 Å². The Balaban J connectivity index is 2.16. The van der Waals surface area contributed by atoms with Crippen molar-refractivity contribution >= 4 is 5.82 Å². The first-order chi connectivity index (χ1) is 7.15. The third kappa shape index (κ3) is 2.09. The second kappa shape index (κ2) is 3.77. The highest BCUT2D eigenvalue weighted by atomic mass is 19.1. The molecular weight excluding hydrogens is 193 g/mol. The van der Waals surface area contributed by atoms with Gasteiger partial charge in [0.15, 0.2) is 0 Å². The number of nitrogen functional groups attached to an aromatic ring is 1. The van der Waals surface area contributed by atoms with Gasteiger partial charge in [-0.05, 0) is 30.4 Å². The Morgan fingerprint density at radius 1 is 1.53 bits per heavy atom. The van der Waals surface area contributed by atoms with Crippen molar-refractivity contribution in [3.8, 4) is 0 Å². The minimum atomic E-state index is -1.29. The van der Waals surface area contributed by atoms with Crippen LogP contribution in [-0.4, -0.2) is 17.2 Å². The number of pyridine rings is 1. The molecule has 1 saturated carbocycles. The molecule has 0 saturated heterocycles. The Labute approximate surface area is 88.7 Å². The molecule has 3 nitrogen and oxygen atoms in total. The van der Waals surface area contributed by atoms with Crippen molar-refractivity contribution in [2.75, 3.05) is 12.3 Å². The molecule has 0 aromatic carbocycles. The molecule has 0 spiro atoms. The minimum Gasteiger partial charge on any atom is -0.383 e. The number of aromatic nitrogens is 1. The Morgan fingerprint density at radius 3 is 2.80 bits per heavy atom. The monoisotopic (exact) mass is 209 g/mol. The second-order valence-corrected chi connectivity index (χ2v) is 4.24. The largest absolute Gasteiger partial charge is 0.383 e. The van der Waals surface area contributed by atoms with E-state index in [-0.39, 0.29) is 18.9 Å². The summed E-state index contributed by atoms with van der Waals surface area (Å²) >= 11 is 0. The summed E-state index contributed by atoms with van der Waals surface area (Å²) < 4.78 is 14.4. The molecule has 1 atom stereocenters. The first-order valence-corrected chi connectivity index (χ1v) is 5.24. The summed E-state index contributed by atoms with van der Waals surface area (Å²) in [5.41, 5.74) is 10.7. The lowest BCUT2D eigenvalue weighted by Crippen LogP contribution is -2.38. The molecule has 2 rings (SSSR count). The van der Waals surface area contributed by atoms with E-state index < -0.39 is 5.67 Å². The molecule has 15 heavy (non-hydrogen) atoms. The Kier molecular flexibility index (Phi) is 2.61. The summed E-state index contributed by atoms with van der Waals surface area (Å²) in [5.74, 6) is 0.524. The third-order valence-corrected chi connectivity index (χ3v) is 3.06. The van der Waals surface area contributed by atoms with Crippen molar-refractivity contribution in [2.24, 2.45) is 11.7 Å². The number of hydrogen-bond donors (Lipinski definition) is 2. The van der Waals surface area contributed by atoms with E-state index in [1.54, 1.807) is 12.3 Å². The molecule has 1 aliphatic rings. The molecule has 1 heterocycles. The zero-order valence-corrected chi connectivity index (χ0v) is 8.62. The van der Waals surface area contributed by atoms with Crippen molar-refractivity contribution < 1.29 is 4.39 Å². The number of alkyl halides is 1. The maximum absolute atomic E-state index is 14.4.